The topological polar surface area (TPSA) is 72.9 Å². The number of nitrogens with zero attached hydrogens (tertiary/aromatic N) is 2. The third kappa shape index (κ3) is 3.26. The van der Waals surface area contributed by atoms with Crippen LogP contribution in [0.3, 0.4) is 0 Å². The third-order valence-electron chi connectivity index (χ3n) is 2.75. The Balaban J connectivity index is 2.22. The van der Waals surface area contributed by atoms with Crippen molar-refractivity contribution in [2.24, 2.45) is 5.92 Å². The standard InChI is InChI=1S/C13H17BrN4O/c1-8(2)6-16-12(19)7-18-11-5-9(14)3-4-10(11)17-13(18)15/h3-5,8H,6-7H2,1-2H3,(H2,15,17)(H,16,19). The summed E-state index contributed by atoms with van der Waals surface area (Å²) < 4.78 is 2.65. The second kappa shape index (κ2) is 5.61. The van der Waals surface area contributed by atoms with Gasteiger partial charge in [-0.15, -0.1) is 0 Å². The minimum Gasteiger partial charge on any atom is -0.369 e. The number of rotatable bonds is 4. The summed E-state index contributed by atoms with van der Waals surface area (Å²) in [5.74, 6) is 0.724. The van der Waals surface area contributed by atoms with Gasteiger partial charge in [0.05, 0.1) is 11.0 Å². The average molecular weight is 325 g/mol. The number of benzene rings is 1. The van der Waals surface area contributed by atoms with Crippen molar-refractivity contribution >= 4 is 38.8 Å². The van der Waals surface area contributed by atoms with Crippen LogP contribution < -0.4 is 11.1 Å². The van der Waals surface area contributed by atoms with Crippen molar-refractivity contribution in [3.8, 4) is 0 Å². The summed E-state index contributed by atoms with van der Waals surface area (Å²) >= 11 is 3.41. The molecule has 0 unspecified atom stereocenters. The molecular formula is C13H17BrN4O. The number of amides is 1. The van der Waals surface area contributed by atoms with Gasteiger partial charge in [0.25, 0.3) is 0 Å². The highest BCUT2D eigenvalue weighted by Crippen LogP contribution is 2.21. The number of nitrogens with one attached hydrogen (secondary N) is 1. The maximum Gasteiger partial charge on any atom is 0.240 e. The van der Waals surface area contributed by atoms with E-state index >= 15 is 0 Å². The molecule has 0 bridgehead atoms. The monoisotopic (exact) mass is 324 g/mol. The lowest BCUT2D eigenvalue weighted by atomic mass is 10.2. The van der Waals surface area contributed by atoms with Gasteiger partial charge in [0.1, 0.15) is 6.54 Å². The number of anilines is 1. The smallest absolute Gasteiger partial charge is 0.240 e. The molecule has 0 aliphatic heterocycles. The fraction of sp³-hybridized carbons (Fsp3) is 0.385. The first kappa shape index (κ1) is 13.9. The molecule has 6 heteroatoms. The van der Waals surface area contributed by atoms with E-state index in [2.05, 4.69) is 40.1 Å². The maximum atomic E-state index is 11.9. The van der Waals surface area contributed by atoms with Gasteiger partial charge >= 0.3 is 0 Å². The number of carbonyl (C=O) groups excluding carboxylic acids is 1. The van der Waals surface area contributed by atoms with E-state index in [1.807, 2.05) is 18.2 Å². The van der Waals surface area contributed by atoms with Crippen LogP contribution in [0.15, 0.2) is 22.7 Å². The van der Waals surface area contributed by atoms with E-state index in [0.29, 0.717) is 18.4 Å². The molecule has 0 saturated carbocycles. The Kier molecular flexibility index (Phi) is 4.09. The van der Waals surface area contributed by atoms with Crippen LogP contribution in [-0.4, -0.2) is 22.0 Å². The highest BCUT2D eigenvalue weighted by Gasteiger charge is 2.12. The lowest BCUT2D eigenvalue weighted by molar-refractivity contribution is -0.121. The highest BCUT2D eigenvalue weighted by molar-refractivity contribution is 9.10. The molecule has 0 radical (unpaired) electrons. The van der Waals surface area contributed by atoms with Crippen LogP contribution in [0.5, 0.6) is 0 Å². The molecule has 2 aromatic rings. The van der Waals surface area contributed by atoms with Crippen molar-refractivity contribution in [3.05, 3.63) is 22.7 Å². The van der Waals surface area contributed by atoms with Gasteiger partial charge in [-0.1, -0.05) is 29.8 Å². The molecule has 1 amide bonds. The van der Waals surface area contributed by atoms with Gasteiger partial charge in [-0.05, 0) is 24.1 Å². The first-order chi connectivity index (χ1) is 8.97. The number of hydrogen-bond acceptors (Lipinski definition) is 3. The first-order valence-electron chi connectivity index (χ1n) is 6.15. The number of halogens is 1. The van der Waals surface area contributed by atoms with Crippen LogP contribution in [0.25, 0.3) is 11.0 Å². The van der Waals surface area contributed by atoms with E-state index in [1.165, 1.54) is 0 Å². The summed E-state index contributed by atoms with van der Waals surface area (Å²) in [6.45, 7) is 4.96. The summed E-state index contributed by atoms with van der Waals surface area (Å²) in [7, 11) is 0. The van der Waals surface area contributed by atoms with Crippen molar-refractivity contribution in [2.75, 3.05) is 12.3 Å². The number of carbonyl (C=O) groups is 1. The molecule has 0 aliphatic rings. The second-order valence-electron chi connectivity index (χ2n) is 4.89. The van der Waals surface area contributed by atoms with E-state index in [-0.39, 0.29) is 12.5 Å². The Morgan fingerprint density at radius 1 is 1.53 bits per heavy atom. The van der Waals surface area contributed by atoms with Gasteiger partial charge in [0.15, 0.2) is 0 Å². The Labute approximate surface area is 120 Å². The van der Waals surface area contributed by atoms with Gasteiger partial charge in [-0.2, -0.15) is 0 Å². The van der Waals surface area contributed by atoms with E-state index in [1.54, 1.807) is 4.57 Å². The molecule has 102 valence electrons. The number of nitrogens with two attached hydrogens (primary N) is 1. The molecule has 0 spiro atoms. The summed E-state index contributed by atoms with van der Waals surface area (Å²) in [5, 5.41) is 2.87. The SMILES string of the molecule is CC(C)CNC(=O)Cn1c(N)nc2ccc(Br)cc21. The molecule has 0 aliphatic carbocycles. The van der Waals surface area contributed by atoms with Gasteiger partial charge < -0.3 is 15.6 Å². The van der Waals surface area contributed by atoms with E-state index < -0.39 is 0 Å². The van der Waals surface area contributed by atoms with E-state index in [9.17, 15) is 4.79 Å². The van der Waals surface area contributed by atoms with Gasteiger partial charge in [0.2, 0.25) is 11.9 Å². The van der Waals surface area contributed by atoms with Gasteiger partial charge in [0, 0.05) is 11.0 Å². The van der Waals surface area contributed by atoms with Crippen molar-refractivity contribution in [1.82, 2.24) is 14.9 Å². The molecule has 1 heterocycles. The number of aromatic nitrogens is 2. The molecule has 1 aromatic heterocycles. The number of nitrogen functional groups attached to an aromatic ring is 1. The predicted molar refractivity (Wildman–Crippen MR) is 79.7 cm³/mol. The molecule has 0 saturated heterocycles. The van der Waals surface area contributed by atoms with Crippen LogP contribution in [0.2, 0.25) is 0 Å². The van der Waals surface area contributed by atoms with Gasteiger partial charge in [-0.25, -0.2) is 4.98 Å². The van der Waals surface area contributed by atoms with Crippen LogP contribution in [0, 0.1) is 5.92 Å². The highest BCUT2D eigenvalue weighted by atomic mass is 79.9. The zero-order valence-electron chi connectivity index (χ0n) is 11.0. The summed E-state index contributed by atoms with van der Waals surface area (Å²) in [4.78, 5) is 16.1. The Morgan fingerprint density at radius 2 is 2.26 bits per heavy atom. The van der Waals surface area contributed by atoms with Crippen molar-refractivity contribution in [1.29, 1.82) is 0 Å². The molecule has 0 atom stereocenters. The van der Waals surface area contributed by atoms with E-state index in [0.717, 1.165) is 15.5 Å². The van der Waals surface area contributed by atoms with Crippen molar-refractivity contribution in [3.63, 3.8) is 0 Å². The minimum absolute atomic E-state index is 0.0559. The number of imidazole rings is 1. The Hall–Kier alpha value is -1.56. The summed E-state index contributed by atoms with van der Waals surface area (Å²) in [6.07, 6.45) is 0. The zero-order chi connectivity index (χ0) is 14.0. The molecule has 1 aromatic carbocycles. The Bertz CT molecular complexity index is 606. The average Bonchev–Trinajstić information content (AvgIpc) is 2.63. The normalized spacial score (nSPS) is 11.2. The maximum absolute atomic E-state index is 11.9. The summed E-state index contributed by atoms with van der Waals surface area (Å²) in [6, 6.07) is 5.69. The van der Waals surface area contributed by atoms with Crippen LogP contribution in [0.1, 0.15) is 13.8 Å². The molecule has 0 fully saturated rings. The van der Waals surface area contributed by atoms with E-state index in [4.69, 9.17) is 5.73 Å². The quantitative estimate of drug-likeness (QED) is 0.905. The zero-order valence-corrected chi connectivity index (χ0v) is 12.6. The number of hydrogen-bond donors (Lipinski definition) is 2. The molecule has 3 N–H and O–H groups in total. The van der Waals surface area contributed by atoms with Crippen LogP contribution >= 0.6 is 15.9 Å². The van der Waals surface area contributed by atoms with Crippen LogP contribution in [-0.2, 0) is 11.3 Å². The van der Waals surface area contributed by atoms with Crippen LogP contribution in [0.4, 0.5) is 5.95 Å². The molecule has 5 nitrogen and oxygen atoms in total. The van der Waals surface area contributed by atoms with Gasteiger partial charge in [-0.3, -0.25) is 4.79 Å². The molecular weight excluding hydrogens is 308 g/mol. The van der Waals surface area contributed by atoms with Crippen molar-refractivity contribution in [2.45, 2.75) is 20.4 Å². The fourth-order valence-corrected chi connectivity index (χ4v) is 2.15. The number of fused-ring (bicyclic) bond motifs is 1. The largest absolute Gasteiger partial charge is 0.369 e. The fourth-order valence-electron chi connectivity index (χ4n) is 1.80. The van der Waals surface area contributed by atoms with Crippen molar-refractivity contribution < 1.29 is 4.79 Å². The first-order valence-corrected chi connectivity index (χ1v) is 6.94. The third-order valence-corrected chi connectivity index (χ3v) is 3.24. The lowest BCUT2D eigenvalue weighted by Crippen LogP contribution is -2.30. The summed E-state index contributed by atoms with van der Waals surface area (Å²) in [5.41, 5.74) is 7.51. The molecule has 2 rings (SSSR count). The molecule has 19 heavy (non-hydrogen) atoms. The predicted octanol–water partition coefficient (Wildman–Crippen LogP) is 2.15. The Morgan fingerprint density at radius 3 is 2.95 bits per heavy atom. The minimum atomic E-state index is -0.0559. The second-order valence-corrected chi connectivity index (χ2v) is 5.80. The lowest BCUT2D eigenvalue weighted by Gasteiger charge is -2.09.